The number of rotatable bonds is 8. The minimum Gasteiger partial charge on any atom is -0.493 e. The first kappa shape index (κ1) is 20.8. The van der Waals surface area contributed by atoms with E-state index in [0.29, 0.717) is 41.1 Å². The molecule has 0 atom stereocenters. The van der Waals surface area contributed by atoms with E-state index in [1.807, 2.05) is 36.4 Å². The Labute approximate surface area is 174 Å². The molecule has 8 heteroatoms. The number of ether oxygens (including phenoxy) is 4. The summed E-state index contributed by atoms with van der Waals surface area (Å²) < 4.78 is 21.6. The average Bonchev–Trinajstić information content (AvgIpc) is 2.78. The number of pyridine rings is 1. The Morgan fingerprint density at radius 3 is 2.33 bits per heavy atom. The van der Waals surface area contributed by atoms with Crippen molar-refractivity contribution in [2.75, 3.05) is 26.6 Å². The largest absolute Gasteiger partial charge is 0.493 e. The topological polar surface area (TPSA) is 90.9 Å². The molecule has 2 N–H and O–H groups in total. The summed E-state index contributed by atoms with van der Waals surface area (Å²) in [5.41, 5.74) is 1.39. The Morgan fingerprint density at radius 2 is 1.70 bits per heavy atom. The first-order valence-corrected chi connectivity index (χ1v) is 9.15. The Balaban J connectivity index is 1.62. The van der Waals surface area contributed by atoms with Gasteiger partial charge in [-0.15, -0.1) is 0 Å². The number of benzene rings is 2. The van der Waals surface area contributed by atoms with Gasteiger partial charge in [0.15, 0.2) is 11.5 Å². The molecule has 2 aromatic carbocycles. The van der Waals surface area contributed by atoms with Crippen LogP contribution < -0.4 is 29.6 Å². The summed E-state index contributed by atoms with van der Waals surface area (Å²) in [6.07, 6.45) is 1.66. The molecule has 0 aliphatic heterocycles. The summed E-state index contributed by atoms with van der Waals surface area (Å²) in [5, 5.41) is 5.57. The van der Waals surface area contributed by atoms with Gasteiger partial charge in [0, 0.05) is 30.9 Å². The number of hydrogen-bond acceptors (Lipinski definition) is 6. The lowest BCUT2D eigenvalue weighted by Gasteiger charge is -2.15. The summed E-state index contributed by atoms with van der Waals surface area (Å²) in [7, 11) is 4.55. The van der Waals surface area contributed by atoms with Gasteiger partial charge in [-0.1, -0.05) is 18.2 Å². The van der Waals surface area contributed by atoms with Crippen molar-refractivity contribution in [1.82, 2.24) is 10.3 Å². The fourth-order valence-electron chi connectivity index (χ4n) is 2.76. The maximum absolute atomic E-state index is 12.3. The maximum Gasteiger partial charge on any atom is 0.319 e. The SMILES string of the molecule is COc1cc(NC(=O)NCc2cccc(Oc3ccccn3)c2)cc(OC)c1OC. The zero-order valence-electron chi connectivity index (χ0n) is 17.0. The van der Waals surface area contributed by atoms with E-state index in [0.717, 1.165) is 5.56 Å². The van der Waals surface area contributed by atoms with Crippen LogP contribution in [0.4, 0.5) is 10.5 Å². The lowest BCUT2D eigenvalue weighted by atomic mass is 10.2. The molecule has 0 saturated carbocycles. The quantitative estimate of drug-likeness (QED) is 0.579. The molecule has 0 aliphatic rings. The lowest BCUT2D eigenvalue weighted by molar-refractivity contribution is 0.251. The molecule has 0 saturated heterocycles. The van der Waals surface area contributed by atoms with Gasteiger partial charge in [-0.25, -0.2) is 9.78 Å². The molecule has 1 heterocycles. The fourth-order valence-corrected chi connectivity index (χ4v) is 2.76. The predicted octanol–water partition coefficient (Wildman–Crippen LogP) is 4.22. The van der Waals surface area contributed by atoms with Crippen LogP contribution in [-0.4, -0.2) is 32.3 Å². The van der Waals surface area contributed by atoms with Crippen molar-refractivity contribution >= 4 is 11.7 Å². The van der Waals surface area contributed by atoms with Crippen LogP contribution in [-0.2, 0) is 6.54 Å². The van der Waals surface area contributed by atoms with Crippen molar-refractivity contribution in [1.29, 1.82) is 0 Å². The van der Waals surface area contributed by atoms with E-state index in [1.54, 1.807) is 24.4 Å². The normalized spacial score (nSPS) is 10.1. The zero-order chi connectivity index (χ0) is 21.3. The molecule has 3 rings (SSSR count). The van der Waals surface area contributed by atoms with Gasteiger partial charge in [-0.05, 0) is 23.8 Å². The number of anilines is 1. The van der Waals surface area contributed by atoms with Crippen LogP contribution in [0.15, 0.2) is 60.8 Å². The van der Waals surface area contributed by atoms with E-state index >= 15 is 0 Å². The van der Waals surface area contributed by atoms with E-state index < -0.39 is 0 Å². The molecule has 0 unspecified atom stereocenters. The predicted molar refractivity (Wildman–Crippen MR) is 113 cm³/mol. The van der Waals surface area contributed by atoms with Crippen LogP contribution >= 0.6 is 0 Å². The number of nitrogens with zero attached hydrogens (tertiary/aromatic N) is 1. The van der Waals surface area contributed by atoms with Gasteiger partial charge in [0.25, 0.3) is 0 Å². The first-order valence-electron chi connectivity index (χ1n) is 9.15. The minimum atomic E-state index is -0.375. The Kier molecular flexibility index (Phi) is 6.94. The van der Waals surface area contributed by atoms with Crippen LogP contribution in [0.1, 0.15) is 5.56 Å². The summed E-state index contributed by atoms with van der Waals surface area (Å²) in [6, 6.07) is 15.8. The van der Waals surface area contributed by atoms with Gasteiger partial charge in [-0.2, -0.15) is 0 Å². The van der Waals surface area contributed by atoms with Gasteiger partial charge < -0.3 is 29.6 Å². The summed E-state index contributed by atoms with van der Waals surface area (Å²) >= 11 is 0. The van der Waals surface area contributed by atoms with E-state index in [2.05, 4.69) is 15.6 Å². The van der Waals surface area contributed by atoms with Crippen LogP contribution in [0.2, 0.25) is 0 Å². The molecule has 30 heavy (non-hydrogen) atoms. The van der Waals surface area contributed by atoms with Crippen LogP contribution in [0.25, 0.3) is 0 Å². The molecule has 0 spiro atoms. The second-order valence-electron chi connectivity index (χ2n) is 6.14. The number of hydrogen-bond donors (Lipinski definition) is 2. The third kappa shape index (κ3) is 5.32. The van der Waals surface area contributed by atoms with Crippen molar-refractivity contribution in [2.45, 2.75) is 6.54 Å². The second-order valence-corrected chi connectivity index (χ2v) is 6.14. The number of amides is 2. The molecule has 0 radical (unpaired) electrons. The van der Waals surface area contributed by atoms with Crippen LogP contribution in [0.5, 0.6) is 28.9 Å². The van der Waals surface area contributed by atoms with E-state index in [1.165, 1.54) is 21.3 Å². The standard InChI is InChI=1S/C22H23N3O5/c1-27-18-12-16(13-19(28-2)21(18)29-3)25-22(26)24-14-15-7-6-8-17(11-15)30-20-9-4-5-10-23-20/h4-13H,14H2,1-3H3,(H2,24,25,26). The molecule has 0 fully saturated rings. The average molecular weight is 409 g/mol. The van der Waals surface area contributed by atoms with Crippen molar-refractivity contribution in [3.05, 3.63) is 66.4 Å². The van der Waals surface area contributed by atoms with Gasteiger partial charge >= 0.3 is 6.03 Å². The summed E-state index contributed by atoms with van der Waals surface area (Å²) in [6.45, 7) is 0.315. The Hall–Kier alpha value is -3.94. The van der Waals surface area contributed by atoms with E-state index in [4.69, 9.17) is 18.9 Å². The summed E-state index contributed by atoms with van der Waals surface area (Å²) in [5.74, 6) is 2.49. The van der Waals surface area contributed by atoms with Crippen molar-refractivity contribution in [3.8, 4) is 28.9 Å². The molecule has 0 aliphatic carbocycles. The Morgan fingerprint density at radius 1 is 0.933 bits per heavy atom. The highest BCUT2D eigenvalue weighted by Crippen LogP contribution is 2.39. The number of urea groups is 1. The minimum absolute atomic E-state index is 0.315. The molecule has 0 bridgehead atoms. The highest BCUT2D eigenvalue weighted by Gasteiger charge is 2.14. The molecular weight excluding hydrogens is 386 g/mol. The maximum atomic E-state index is 12.3. The zero-order valence-corrected chi connectivity index (χ0v) is 17.0. The lowest BCUT2D eigenvalue weighted by Crippen LogP contribution is -2.28. The summed E-state index contributed by atoms with van der Waals surface area (Å²) in [4.78, 5) is 16.5. The molecular formula is C22H23N3O5. The monoisotopic (exact) mass is 409 g/mol. The third-order valence-electron chi connectivity index (χ3n) is 4.13. The molecule has 1 aromatic heterocycles. The number of aromatic nitrogens is 1. The van der Waals surface area contributed by atoms with Gasteiger partial charge in [-0.3, -0.25) is 0 Å². The van der Waals surface area contributed by atoms with Gasteiger partial charge in [0.05, 0.1) is 27.0 Å². The number of carbonyl (C=O) groups is 1. The van der Waals surface area contributed by atoms with Crippen LogP contribution in [0, 0.1) is 0 Å². The van der Waals surface area contributed by atoms with Gasteiger partial charge in [0.2, 0.25) is 11.6 Å². The first-order chi connectivity index (χ1) is 14.6. The molecule has 156 valence electrons. The Bertz CT molecular complexity index is 970. The van der Waals surface area contributed by atoms with Crippen molar-refractivity contribution in [2.24, 2.45) is 0 Å². The number of methoxy groups -OCH3 is 3. The van der Waals surface area contributed by atoms with Crippen molar-refractivity contribution in [3.63, 3.8) is 0 Å². The van der Waals surface area contributed by atoms with Gasteiger partial charge in [0.1, 0.15) is 5.75 Å². The second kappa shape index (κ2) is 10.0. The number of nitrogens with one attached hydrogen (secondary N) is 2. The smallest absolute Gasteiger partial charge is 0.319 e. The van der Waals surface area contributed by atoms with Crippen molar-refractivity contribution < 1.29 is 23.7 Å². The fraction of sp³-hybridized carbons (Fsp3) is 0.182. The molecule has 8 nitrogen and oxygen atoms in total. The molecule has 3 aromatic rings. The van der Waals surface area contributed by atoms with Crippen LogP contribution in [0.3, 0.4) is 0 Å². The highest BCUT2D eigenvalue weighted by atomic mass is 16.5. The van der Waals surface area contributed by atoms with E-state index in [9.17, 15) is 4.79 Å². The number of carbonyl (C=O) groups excluding carboxylic acids is 1. The molecule has 2 amide bonds. The third-order valence-corrected chi connectivity index (χ3v) is 4.13. The highest BCUT2D eigenvalue weighted by molar-refractivity contribution is 5.90. The van der Waals surface area contributed by atoms with E-state index in [-0.39, 0.29) is 6.03 Å².